The predicted octanol–water partition coefficient (Wildman–Crippen LogP) is 4.09. The van der Waals surface area contributed by atoms with Crippen LogP contribution in [-0.2, 0) is 0 Å². The van der Waals surface area contributed by atoms with Crippen molar-refractivity contribution in [1.29, 1.82) is 0 Å². The molecule has 0 amide bonds. The summed E-state index contributed by atoms with van der Waals surface area (Å²) in [6.45, 7) is 3.74. The fourth-order valence-electron chi connectivity index (χ4n) is 7.16. The Morgan fingerprint density at radius 1 is 0.833 bits per heavy atom. The molecule has 8 atom stereocenters. The van der Waals surface area contributed by atoms with E-state index in [0.717, 1.165) is 12.8 Å². The van der Waals surface area contributed by atoms with Crippen molar-refractivity contribution in [3.8, 4) is 0 Å². The highest BCUT2D eigenvalue weighted by Crippen LogP contribution is 2.71. The first-order valence-electron chi connectivity index (χ1n) is 9.48. The molecule has 0 aromatic carbocycles. The molecule has 4 rings (SSSR count). The molecule has 4 aliphatic rings. The van der Waals surface area contributed by atoms with E-state index in [1.807, 2.05) is 6.92 Å². The van der Waals surface area contributed by atoms with Gasteiger partial charge in [-0.2, -0.15) is 0 Å². The van der Waals surface area contributed by atoms with Crippen molar-refractivity contribution in [2.24, 2.45) is 28.6 Å². The third kappa shape index (κ3) is 1.86. The lowest BCUT2D eigenvalue weighted by Gasteiger charge is -2.64. The second-order valence-corrected chi connectivity index (χ2v) is 9.54. The summed E-state index contributed by atoms with van der Waals surface area (Å²) >= 11 is 0. The number of hydrogen-bond donors (Lipinski definition) is 2. The molecule has 0 aromatic rings. The van der Waals surface area contributed by atoms with Crippen LogP contribution < -0.4 is 0 Å². The highest BCUT2D eigenvalue weighted by Gasteiger charge is 2.75. The molecule has 138 valence electrons. The topological polar surface area (TPSA) is 40.5 Å². The molecule has 0 saturated heterocycles. The molecule has 0 aromatic heterocycles. The van der Waals surface area contributed by atoms with Crippen LogP contribution in [0.2, 0.25) is 0 Å². The van der Waals surface area contributed by atoms with E-state index in [4.69, 9.17) is 0 Å². The van der Waals surface area contributed by atoms with Crippen LogP contribution in [0, 0.1) is 28.6 Å². The third-order valence-electron chi connectivity index (χ3n) is 8.70. The molecular formula is C19H29F3O2. The normalized spacial score (nSPS) is 59.4. The number of aliphatic hydroxyl groups excluding tert-OH is 2. The highest BCUT2D eigenvalue weighted by atomic mass is 19.3. The summed E-state index contributed by atoms with van der Waals surface area (Å²) in [5, 5.41) is 20.3. The van der Waals surface area contributed by atoms with Crippen molar-refractivity contribution in [2.75, 3.05) is 0 Å². The first kappa shape index (κ1) is 17.1. The molecule has 0 radical (unpaired) electrons. The zero-order chi connectivity index (χ0) is 17.5. The van der Waals surface area contributed by atoms with Gasteiger partial charge in [-0.25, -0.2) is 13.2 Å². The van der Waals surface area contributed by atoms with Crippen LogP contribution in [0.3, 0.4) is 0 Å². The van der Waals surface area contributed by atoms with Gasteiger partial charge in [0.05, 0.1) is 12.2 Å². The molecule has 0 spiro atoms. The molecule has 4 saturated carbocycles. The highest BCUT2D eigenvalue weighted by molar-refractivity contribution is 5.19. The summed E-state index contributed by atoms with van der Waals surface area (Å²) in [4.78, 5) is 0. The van der Waals surface area contributed by atoms with E-state index >= 15 is 13.2 Å². The number of aliphatic hydroxyl groups is 2. The lowest BCUT2D eigenvalue weighted by Crippen LogP contribution is -2.69. The molecular weight excluding hydrogens is 317 g/mol. The van der Waals surface area contributed by atoms with E-state index in [1.54, 1.807) is 6.92 Å². The van der Waals surface area contributed by atoms with Gasteiger partial charge in [-0.1, -0.05) is 13.8 Å². The first-order valence-corrected chi connectivity index (χ1v) is 9.48. The molecule has 0 heterocycles. The van der Waals surface area contributed by atoms with Gasteiger partial charge < -0.3 is 10.2 Å². The van der Waals surface area contributed by atoms with E-state index in [9.17, 15) is 10.2 Å². The van der Waals surface area contributed by atoms with Gasteiger partial charge in [-0.15, -0.1) is 0 Å². The van der Waals surface area contributed by atoms with Crippen LogP contribution in [0.25, 0.3) is 0 Å². The number of alkyl halides is 3. The first-order chi connectivity index (χ1) is 11.1. The Morgan fingerprint density at radius 3 is 2.25 bits per heavy atom. The molecule has 4 aliphatic carbocycles. The molecule has 2 unspecified atom stereocenters. The van der Waals surface area contributed by atoms with Gasteiger partial charge in [0.1, 0.15) is 0 Å². The summed E-state index contributed by atoms with van der Waals surface area (Å²) in [7, 11) is 0. The zero-order valence-corrected chi connectivity index (χ0v) is 14.6. The van der Waals surface area contributed by atoms with Gasteiger partial charge in [0.15, 0.2) is 5.67 Å². The van der Waals surface area contributed by atoms with E-state index in [2.05, 4.69) is 0 Å². The number of rotatable bonds is 0. The van der Waals surface area contributed by atoms with Gasteiger partial charge in [0, 0.05) is 18.3 Å². The maximum atomic E-state index is 15.8. The molecule has 0 aliphatic heterocycles. The summed E-state index contributed by atoms with van der Waals surface area (Å²) in [6, 6.07) is 0. The minimum atomic E-state index is -3.41. The monoisotopic (exact) mass is 346 g/mol. The van der Waals surface area contributed by atoms with Crippen molar-refractivity contribution < 1.29 is 23.4 Å². The van der Waals surface area contributed by atoms with Gasteiger partial charge in [-0.05, 0) is 61.7 Å². The van der Waals surface area contributed by atoms with Crippen LogP contribution in [0.1, 0.15) is 65.2 Å². The van der Waals surface area contributed by atoms with Gasteiger partial charge in [0.25, 0.3) is 5.92 Å². The Hall–Kier alpha value is -0.290. The number of halogens is 3. The summed E-state index contributed by atoms with van der Waals surface area (Å²) in [5.41, 5.74) is -3.98. The Labute approximate surface area is 141 Å². The zero-order valence-electron chi connectivity index (χ0n) is 14.6. The van der Waals surface area contributed by atoms with E-state index < -0.39 is 42.1 Å². The minimum absolute atomic E-state index is 0.0605. The van der Waals surface area contributed by atoms with E-state index in [-0.39, 0.29) is 23.2 Å². The smallest absolute Gasteiger partial charge is 0.282 e. The maximum absolute atomic E-state index is 15.8. The van der Waals surface area contributed by atoms with Crippen LogP contribution >= 0.6 is 0 Å². The Balaban J connectivity index is 1.76. The quantitative estimate of drug-likeness (QED) is 0.694. The van der Waals surface area contributed by atoms with Crippen molar-refractivity contribution in [3.63, 3.8) is 0 Å². The lowest BCUT2D eigenvalue weighted by atomic mass is 9.43. The molecule has 24 heavy (non-hydrogen) atoms. The fourth-order valence-corrected chi connectivity index (χ4v) is 7.16. The SMILES string of the molecule is C[C@]12CCC3[C@@H](CC(F)(F)[C@@]4(F)C[C@H](O)CC[C@]34C)C1CC[C@@H]2O. The van der Waals surface area contributed by atoms with Crippen molar-refractivity contribution in [3.05, 3.63) is 0 Å². The summed E-state index contributed by atoms with van der Waals surface area (Å²) < 4.78 is 45.8. The Kier molecular flexibility index (Phi) is 3.50. The van der Waals surface area contributed by atoms with Gasteiger partial charge >= 0.3 is 0 Å². The average molecular weight is 346 g/mol. The molecule has 0 bridgehead atoms. The van der Waals surface area contributed by atoms with Crippen LogP contribution in [0.15, 0.2) is 0 Å². The molecule has 5 heteroatoms. The van der Waals surface area contributed by atoms with Crippen molar-refractivity contribution in [2.45, 2.75) is 89.0 Å². The Morgan fingerprint density at radius 2 is 1.54 bits per heavy atom. The van der Waals surface area contributed by atoms with Crippen LogP contribution in [0.4, 0.5) is 13.2 Å². The number of fused-ring (bicyclic) bond motifs is 5. The Bertz CT molecular complexity index is 541. The fraction of sp³-hybridized carbons (Fsp3) is 1.00. The van der Waals surface area contributed by atoms with Gasteiger partial charge in [0.2, 0.25) is 0 Å². The lowest BCUT2D eigenvalue weighted by molar-refractivity contribution is -0.294. The van der Waals surface area contributed by atoms with E-state index in [1.165, 1.54) is 0 Å². The van der Waals surface area contributed by atoms with Crippen LogP contribution in [-0.4, -0.2) is 34.0 Å². The number of hydrogen-bond acceptors (Lipinski definition) is 2. The average Bonchev–Trinajstić information content (AvgIpc) is 2.79. The van der Waals surface area contributed by atoms with Crippen molar-refractivity contribution >= 4 is 0 Å². The summed E-state index contributed by atoms with van der Waals surface area (Å²) in [6.07, 6.45) is 1.43. The van der Waals surface area contributed by atoms with Gasteiger partial charge in [-0.3, -0.25) is 0 Å². The molecule has 4 fully saturated rings. The predicted molar refractivity (Wildman–Crippen MR) is 84.4 cm³/mol. The van der Waals surface area contributed by atoms with E-state index in [0.29, 0.717) is 25.7 Å². The second-order valence-electron chi connectivity index (χ2n) is 9.54. The standard InChI is InChI=1S/C19H29F3O2/c1-16-7-6-14-12(13(16)3-4-15(16)24)10-19(21,22)18(20)9-11(23)5-8-17(14,18)2/h11-15,23-24H,3-10H2,1-2H3/t11-,12+,13?,14?,15+,16+,17-,18-/m1/s1. The molecule has 2 N–H and O–H groups in total. The molecule has 2 nitrogen and oxygen atoms in total. The van der Waals surface area contributed by atoms with Crippen LogP contribution in [0.5, 0.6) is 0 Å². The summed E-state index contributed by atoms with van der Waals surface area (Å²) in [5.74, 6) is -3.64. The second kappa shape index (κ2) is 4.91. The minimum Gasteiger partial charge on any atom is -0.393 e. The third-order valence-corrected chi connectivity index (χ3v) is 8.70. The largest absolute Gasteiger partial charge is 0.393 e. The maximum Gasteiger partial charge on any atom is 0.282 e. The van der Waals surface area contributed by atoms with Crippen molar-refractivity contribution in [1.82, 2.24) is 0 Å².